The van der Waals surface area contributed by atoms with Crippen molar-refractivity contribution in [2.45, 2.75) is 19.0 Å². The van der Waals surface area contributed by atoms with Crippen LogP contribution < -0.4 is 5.32 Å². The molecule has 2 aromatic carbocycles. The number of nitrogens with one attached hydrogen (secondary N) is 1. The van der Waals surface area contributed by atoms with Crippen LogP contribution in [0.25, 0.3) is 0 Å². The van der Waals surface area contributed by atoms with Crippen molar-refractivity contribution in [1.29, 1.82) is 0 Å². The van der Waals surface area contributed by atoms with E-state index in [1.165, 1.54) is 16.7 Å². The molecule has 80 valence electrons. The summed E-state index contributed by atoms with van der Waals surface area (Å²) >= 11 is 0. The van der Waals surface area contributed by atoms with Gasteiger partial charge in [0.15, 0.2) is 0 Å². The summed E-state index contributed by atoms with van der Waals surface area (Å²) in [6, 6.07) is 20.4. The van der Waals surface area contributed by atoms with Gasteiger partial charge in [0.2, 0.25) is 0 Å². The van der Waals surface area contributed by atoms with Crippen LogP contribution >= 0.6 is 0 Å². The number of benzene rings is 2. The molecule has 0 radical (unpaired) electrons. The zero-order valence-corrected chi connectivity index (χ0v) is 9.35. The number of aryl methyl sites for hydroxylation is 1. The van der Waals surface area contributed by atoms with Gasteiger partial charge in [-0.25, -0.2) is 0 Å². The van der Waals surface area contributed by atoms with Crippen molar-refractivity contribution in [3.8, 4) is 0 Å². The smallest absolute Gasteiger partial charge is 0.0523 e. The summed E-state index contributed by atoms with van der Waals surface area (Å²) in [5.74, 6) is 0. The van der Waals surface area contributed by atoms with Crippen LogP contribution in [-0.2, 0) is 0 Å². The molecule has 1 heterocycles. The van der Waals surface area contributed by atoms with Gasteiger partial charge in [-0.15, -0.1) is 0 Å². The van der Waals surface area contributed by atoms with Gasteiger partial charge in [0.05, 0.1) is 12.1 Å². The molecule has 1 saturated heterocycles. The van der Waals surface area contributed by atoms with E-state index in [1.54, 1.807) is 0 Å². The molecule has 0 amide bonds. The Morgan fingerprint density at radius 1 is 0.750 bits per heavy atom. The highest BCUT2D eigenvalue weighted by atomic mass is 15.1. The predicted molar refractivity (Wildman–Crippen MR) is 66.2 cm³/mol. The molecule has 1 heteroatoms. The average Bonchev–Trinajstić information content (AvgIpc) is 3.11. The van der Waals surface area contributed by atoms with E-state index in [0.29, 0.717) is 12.1 Å². The zero-order valence-electron chi connectivity index (χ0n) is 9.35. The standard InChI is InChI=1S/C15H15N/c1-11-7-9-13(10-8-11)15-14(16-15)12-5-3-2-4-6-12/h2-10,14-16H,1H3. The second kappa shape index (κ2) is 3.76. The summed E-state index contributed by atoms with van der Waals surface area (Å²) in [6.07, 6.45) is 0. The first-order chi connectivity index (χ1) is 7.84. The third-order valence-corrected chi connectivity index (χ3v) is 3.18. The molecule has 0 aromatic heterocycles. The van der Waals surface area contributed by atoms with E-state index in [0.717, 1.165) is 0 Å². The normalized spacial score (nSPS) is 23.1. The average molecular weight is 209 g/mol. The molecule has 0 aliphatic carbocycles. The Balaban J connectivity index is 1.79. The fraction of sp³-hybridized carbons (Fsp3) is 0.200. The lowest BCUT2D eigenvalue weighted by molar-refractivity contribution is 1.02. The lowest BCUT2D eigenvalue weighted by Gasteiger charge is -1.99. The van der Waals surface area contributed by atoms with Gasteiger partial charge in [0.25, 0.3) is 0 Å². The molecule has 2 unspecified atom stereocenters. The molecule has 2 aromatic rings. The van der Waals surface area contributed by atoms with Gasteiger partial charge >= 0.3 is 0 Å². The highest BCUT2D eigenvalue weighted by Gasteiger charge is 2.38. The van der Waals surface area contributed by atoms with E-state index in [2.05, 4.69) is 66.8 Å². The Hall–Kier alpha value is -1.60. The van der Waals surface area contributed by atoms with Crippen molar-refractivity contribution < 1.29 is 0 Å². The summed E-state index contributed by atoms with van der Waals surface area (Å²) in [6.45, 7) is 2.12. The highest BCUT2D eigenvalue weighted by molar-refractivity contribution is 5.35. The summed E-state index contributed by atoms with van der Waals surface area (Å²) in [4.78, 5) is 0. The fourth-order valence-corrected chi connectivity index (χ4v) is 2.15. The molecular formula is C15H15N. The third kappa shape index (κ3) is 1.74. The molecule has 2 atom stereocenters. The van der Waals surface area contributed by atoms with Crippen LogP contribution in [-0.4, -0.2) is 0 Å². The van der Waals surface area contributed by atoms with Gasteiger partial charge in [-0.05, 0) is 18.1 Å². The Morgan fingerprint density at radius 2 is 1.31 bits per heavy atom. The fourth-order valence-electron chi connectivity index (χ4n) is 2.15. The molecule has 3 rings (SSSR count). The minimum Gasteiger partial charge on any atom is -0.300 e. The van der Waals surface area contributed by atoms with E-state index >= 15 is 0 Å². The van der Waals surface area contributed by atoms with Crippen LogP contribution in [0.2, 0.25) is 0 Å². The maximum Gasteiger partial charge on any atom is 0.0523 e. The van der Waals surface area contributed by atoms with Crippen LogP contribution in [0.15, 0.2) is 54.6 Å². The Bertz CT molecular complexity index is 473. The lowest BCUT2D eigenvalue weighted by atomic mass is 10.0. The Kier molecular flexibility index (Phi) is 2.26. The largest absolute Gasteiger partial charge is 0.300 e. The number of rotatable bonds is 2. The number of hydrogen-bond donors (Lipinski definition) is 1. The molecule has 1 aliphatic heterocycles. The van der Waals surface area contributed by atoms with Crippen molar-refractivity contribution in [3.05, 3.63) is 71.3 Å². The van der Waals surface area contributed by atoms with Gasteiger partial charge in [-0.2, -0.15) is 0 Å². The first-order valence-corrected chi connectivity index (χ1v) is 5.72. The minimum absolute atomic E-state index is 0.503. The zero-order chi connectivity index (χ0) is 11.0. The maximum atomic E-state index is 3.52. The second-order valence-corrected chi connectivity index (χ2v) is 4.44. The second-order valence-electron chi connectivity index (χ2n) is 4.44. The Morgan fingerprint density at radius 3 is 1.94 bits per heavy atom. The van der Waals surface area contributed by atoms with Gasteiger partial charge < -0.3 is 0 Å². The molecule has 1 fully saturated rings. The van der Waals surface area contributed by atoms with E-state index in [-0.39, 0.29) is 0 Å². The molecule has 1 N–H and O–H groups in total. The predicted octanol–water partition coefficient (Wildman–Crippen LogP) is 3.38. The first-order valence-electron chi connectivity index (χ1n) is 5.72. The molecule has 0 saturated carbocycles. The van der Waals surface area contributed by atoms with E-state index in [4.69, 9.17) is 0 Å². The van der Waals surface area contributed by atoms with Crippen molar-refractivity contribution >= 4 is 0 Å². The SMILES string of the molecule is Cc1ccc(C2NC2c2ccccc2)cc1. The van der Waals surface area contributed by atoms with E-state index < -0.39 is 0 Å². The molecule has 0 bridgehead atoms. The molecular weight excluding hydrogens is 194 g/mol. The molecule has 1 aliphatic rings. The summed E-state index contributed by atoms with van der Waals surface area (Å²) in [5, 5.41) is 3.52. The van der Waals surface area contributed by atoms with Gasteiger partial charge in [-0.3, -0.25) is 5.32 Å². The maximum absolute atomic E-state index is 3.52. The van der Waals surface area contributed by atoms with Gasteiger partial charge in [0.1, 0.15) is 0 Å². The summed E-state index contributed by atoms with van der Waals surface area (Å²) in [7, 11) is 0. The number of hydrogen-bond acceptors (Lipinski definition) is 1. The van der Waals surface area contributed by atoms with Gasteiger partial charge in [0, 0.05) is 0 Å². The van der Waals surface area contributed by atoms with Crippen LogP contribution in [0.5, 0.6) is 0 Å². The van der Waals surface area contributed by atoms with Crippen LogP contribution in [0, 0.1) is 6.92 Å². The van der Waals surface area contributed by atoms with Crippen LogP contribution in [0.1, 0.15) is 28.8 Å². The van der Waals surface area contributed by atoms with Crippen LogP contribution in [0.3, 0.4) is 0 Å². The topological polar surface area (TPSA) is 21.9 Å². The van der Waals surface area contributed by atoms with Gasteiger partial charge in [-0.1, -0.05) is 60.2 Å². The minimum atomic E-state index is 0.503. The van der Waals surface area contributed by atoms with Crippen LogP contribution in [0.4, 0.5) is 0 Å². The lowest BCUT2D eigenvalue weighted by Crippen LogP contribution is -1.84. The first kappa shape index (κ1) is 9.61. The van der Waals surface area contributed by atoms with Crippen molar-refractivity contribution in [2.75, 3.05) is 0 Å². The quantitative estimate of drug-likeness (QED) is 0.752. The third-order valence-electron chi connectivity index (χ3n) is 3.18. The summed E-state index contributed by atoms with van der Waals surface area (Å²) in [5.41, 5.74) is 4.09. The van der Waals surface area contributed by atoms with Crippen molar-refractivity contribution in [2.24, 2.45) is 0 Å². The van der Waals surface area contributed by atoms with Crippen molar-refractivity contribution in [3.63, 3.8) is 0 Å². The molecule has 1 nitrogen and oxygen atoms in total. The van der Waals surface area contributed by atoms with Crippen molar-refractivity contribution in [1.82, 2.24) is 5.32 Å². The molecule has 0 spiro atoms. The highest BCUT2D eigenvalue weighted by Crippen LogP contribution is 2.41. The van der Waals surface area contributed by atoms with E-state index in [9.17, 15) is 0 Å². The molecule has 16 heavy (non-hydrogen) atoms. The summed E-state index contributed by atoms with van der Waals surface area (Å²) < 4.78 is 0. The Labute approximate surface area is 96.1 Å². The van der Waals surface area contributed by atoms with E-state index in [1.807, 2.05) is 0 Å². The monoisotopic (exact) mass is 209 g/mol.